The van der Waals surface area contributed by atoms with Crippen molar-refractivity contribution in [3.63, 3.8) is 0 Å². The van der Waals surface area contributed by atoms with Crippen molar-refractivity contribution < 1.29 is 0 Å². The standard InChI is InChI=1S/C57H38N2/c1-5-17-39(18-6-1)41-29-33-43(34-30-41)52-38-53(44-35-31-42(32-36-44)40-19-7-2-8-20-40)59-56(58-52)55-48-26-14-13-21-45(48)37-51-54(55)49-27-15-16-28-50(49)57(51,46-22-9-3-10-23-46)47-24-11-4-12-25-47/h1-38H. The molecule has 0 atom stereocenters. The highest BCUT2D eigenvalue weighted by molar-refractivity contribution is 6.08. The van der Waals surface area contributed by atoms with Crippen LogP contribution in [0.2, 0.25) is 0 Å². The smallest absolute Gasteiger partial charge is 0.161 e. The largest absolute Gasteiger partial charge is 0.228 e. The van der Waals surface area contributed by atoms with Crippen molar-refractivity contribution in [3.8, 4) is 67.3 Å². The molecule has 0 radical (unpaired) electrons. The van der Waals surface area contributed by atoms with Gasteiger partial charge in [-0.05, 0) is 78.5 Å². The first kappa shape index (κ1) is 34.6. The molecule has 1 aliphatic rings. The van der Waals surface area contributed by atoms with Crippen LogP contribution in [0.4, 0.5) is 0 Å². The van der Waals surface area contributed by atoms with Crippen molar-refractivity contribution in [1.29, 1.82) is 0 Å². The molecule has 9 aromatic carbocycles. The van der Waals surface area contributed by atoms with Crippen LogP contribution in [0.15, 0.2) is 231 Å². The van der Waals surface area contributed by atoms with Gasteiger partial charge in [-0.15, -0.1) is 0 Å². The van der Waals surface area contributed by atoms with Crippen LogP contribution in [0.25, 0.3) is 78.1 Å². The summed E-state index contributed by atoms with van der Waals surface area (Å²) >= 11 is 0. The zero-order valence-corrected chi connectivity index (χ0v) is 32.3. The Morgan fingerprint density at radius 2 is 0.729 bits per heavy atom. The normalized spacial score (nSPS) is 12.5. The van der Waals surface area contributed by atoms with Gasteiger partial charge in [-0.25, -0.2) is 9.97 Å². The number of hydrogen-bond acceptors (Lipinski definition) is 2. The number of hydrogen-bond donors (Lipinski definition) is 0. The first-order valence-electron chi connectivity index (χ1n) is 20.2. The van der Waals surface area contributed by atoms with Crippen LogP contribution in [0.3, 0.4) is 0 Å². The number of nitrogens with zero attached hydrogens (tertiary/aromatic N) is 2. The van der Waals surface area contributed by atoms with Crippen LogP contribution in [0.5, 0.6) is 0 Å². The molecule has 1 heterocycles. The molecule has 0 amide bonds. The molecule has 0 saturated carbocycles. The molecule has 0 aliphatic heterocycles. The minimum absolute atomic E-state index is 0.561. The maximum Gasteiger partial charge on any atom is 0.161 e. The van der Waals surface area contributed by atoms with Gasteiger partial charge >= 0.3 is 0 Å². The van der Waals surface area contributed by atoms with Crippen molar-refractivity contribution >= 4 is 10.8 Å². The average Bonchev–Trinajstić information content (AvgIpc) is 3.62. The van der Waals surface area contributed by atoms with E-state index in [-0.39, 0.29) is 0 Å². The van der Waals surface area contributed by atoms with Gasteiger partial charge in [0.25, 0.3) is 0 Å². The van der Waals surface area contributed by atoms with E-state index in [2.05, 4.69) is 231 Å². The SMILES string of the molecule is c1ccc(-c2ccc(-c3cc(-c4ccc(-c5ccccc5)cc4)nc(-c4c5c(cc6ccccc46)C(c4ccccc4)(c4ccccc4)c4ccccc4-5)n3)cc2)cc1. The van der Waals surface area contributed by atoms with Crippen molar-refractivity contribution in [2.45, 2.75) is 5.41 Å². The monoisotopic (exact) mass is 750 g/mol. The molecule has 10 aromatic rings. The lowest BCUT2D eigenvalue weighted by Gasteiger charge is -2.34. The fourth-order valence-electron chi connectivity index (χ4n) is 9.28. The highest BCUT2D eigenvalue weighted by atomic mass is 14.9. The molecule has 2 nitrogen and oxygen atoms in total. The summed E-state index contributed by atoms with van der Waals surface area (Å²) in [5, 5.41) is 2.28. The van der Waals surface area contributed by atoms with Crippen LogP contribution >= 0.6 is 0 Å². The number of rotatable bonds is 7. The van der Waals surface area contributed by atoms with E-state index in [1.54, 1.807) is 0 Å². The third-order valence-corrected chi connectivity index (χ3v) is 12.0. The van der Waals surface area contributed by atoms with E-state index in [0.29, 0.717) is 5.82 Å². The third kappa shape index (κ3) is 5.80. The number of fused-ring (bicyclic) bond motifs is 4. The van der Waals surface area contributed by atoms with Gasteiger partial charge in [-0.2, -0.15) is 0 Å². The lowest BCUT2D eigenvalue weighted by atomic mass is 9.67. The predicted molar refractivity (Wildman–Crippen MR) is 244 cm³/mol. The molecule has 0 N–H and O–H groups in total. The predicted octanol–water partition coefficient (Wildman–Crippen LogP) is 14.3. The summed E-state index contributed by atoms with van der Waals surface area (Å²) in [5.74, 6) is 0.705. The number of benzene rings is 9. The first-order valence-corrected chi connectivity index (χ1v) is 20.2. The molecule has 1 aromatic heterocycles. The Kier molecular flexibility index (Phi) is 8.41. The lowest BCUT2D eigenvalue weighted by Crippen LogP contribution is -2.28. The zero-order chi connectivity index (χ0) is 39.2. The molecule has 1 aliphatic carbocycles. The van der Waals surface area contributed by atoms with Gasteiger partial charge in [-0.3, -0.25) is 0 Å². The summed E-state index contributed by atoms with van der Waals surface area (Å²) in [6.45, 7) is 0. The van der Waals surface area contributed by atoms with Crippen LogP contribution in [-0.2, 0) is 5.41 Å². The Morgan fingerprint density at radius 3 is 1.27 bits per heavy atom. The minimum atomic E-state index is -0.561. The summed E-state index contributed by atoms with van der Waals surface area (Å²) in [6, 6.07) is 82.8. The van der Waals surface area contributed by atoms with E-state index in [9.17, 15) is 0 Å². The molecule has 276 valence electrons. The van der Waals surface area contributed by atoms with Crippen molar-refractivity contribution in [2.75, 3.05) is 0 Å². The third-order valence-electron chi connectivity index (χ3n) is 12.0. The molecular formula is C57H38N2. The summed E-state index contributed by atoms with van der Waals surface area (Å²) in [5.41, 5.74) is 16.3. The van der Waals surface area contributed by atoms with E-state index in [0.717, 1.165) is 38.9 Å². The van der Waals surface area contributed by atoms with Crippen molar-refractivity contribution in [2.24, 2.45) is 0 Å². The van der Waals surface area contributed by atoms with E-state index >= 15 is 0 Å². The highest BCUT2D eigenvalue weighted by Gasteiger charge is 2.47. The van der Waals surface area contributed by atoms with Crippen molar-refractivity contribution in [1.82, 2.24) is 9.97 Å². The molecule has 0 bridgehead atoms. The van der Waals surface area contributed by atoms with Gasteiger partial charge in [0.1, 0.15) is 0 Å². The fourth-order valence-corrected chi connectivity index (χ4v) is 9.28. The second-order valence-corrected chi connectivity index (χ2v) is 15.3. The number of aromatic nitrogens is 2. The summed E-state index contributed by atoms with van der Waals surface area (Å²) in [4.78, 5) is 11.1. The summed E-state index contributed by atoms with van der Waals surface area (Å²) in [7, 11) is 0. The Hall–Kier alpha value is -7.68. The van der Waals surface area contributed by atoms with E-state index < -0.39 is 5.41 Å². The molecule has 59 heavy (non-hydrogen) atoms. The van der Waals surface area contributed by atoms with E-state index in [4.69, 9.17) is 9.97 Å². The average molecular weight is 751 g/mol. The Labute approximate surface area is 344 Å². The first-order chi connectivity index (χ1) is 29.3. The second-order valence-electron chi connectivity index (χ2n) is 15.3. The molecule has 0 saturated heterocycles. The van der Waals surface area contributed by atoms with Gasteiger partial charge in [0.15, 0.2) is 5.82 Å². The van der Waals surface area contributed by atoms with Crippen LogP contribution < -0.4 is 0 Å². The molecule has 2 heteroatoms. The molecule has 0 fully saturated rings. The fraction of sp³-hybridized carbons (Fsp3) is 0.0175. The minimum Gasteiger partial charge on any atom is -0.228 e. The summed E-state index contributed by atoms with van der Waals surface area (Å²) < 4.78 is 0. The molecule has 0 unspecified atom stereocenters. The van der Waals surface area contributed by atoms with Gasteiger partial charge in [-0.1, -0.05) is 218 Å². The molecule has 11 rings (SSSR count). The van der Waals surface area contributed by atoms with Gasteiger partial charge < -0.3 is 0 Å². The Balaban J connectivity index is 1.19. The maximum atomic E-state index is 5.55. The topological polar surface area (TPSA) is 25.8 Å². The van der Waals surface area contributed by atoms with E-state index in [1.165, 1.54) is 55.6 Å². The van der Waals surface area contributed by atoms with Gasteiger partial charge in [0.2, 0.25) is 0 Å². The van der Waals surface area contributed by atoms with Crippen LogP contribution in [0, 0.1) is 0 Å². The van der Waals surface area contributed by atoms with E-state index in [1.807, 2.05) is 0 Å². The zero-order valence-electron chi connectivity index (χ0n) is 32.3. The van der Waals surface area contributed by atoms with Gasteiger partial charge in [0, 0.05) is 16.7 Å². The Bertz CT molecular complexity index is 2960. The van der Waals surface area contributed by atoms with Gasteiger partial charge in [0.05, 0.1) is 16.8 Å². The molecule has 0 spiro atoms. The maximum absolute atomic E-state index is 5.55. The van der Waals surface area contributed by atoms with Crippen molar-refractivity contribution in [3.05, 3.63) is 253 Å². The molecular weight excluding hydrogens is 713 g/mol. The van der Waals surface area contributed by atoms with Crippen LogP contribution in [-0.4, -0.2) is 9.97 Å². The highest BCUT2D eigenvalue weighted by Crippen LogP contribution is 2.59. The Morgan fingerprint density at radius 1 is 0.305 bits per heavy atom. The van der Waals surface area contributed by atoms with Crippen LogP contribution in [0.1, 0.15) is 22.3 Å². The quantitative estimate of drug-likeness (QED) is 0.162. The second kappa shape index (κ2) is 14.4. The summed E-state index contributed by atoms with van der Waals surface area (Å²) in [6.07, 6.45) is 0. The lowest BCUT2D eigenvalue weighted by molar-refractivity contribution is 0.769.